The van der Waals surface area contributed by atoms with Gasteiger partial charge in [-0.3, -0.25) is 0 Å². The van der Waals surface area contributed by atoms with Gasteiger partial charge >= 0.3 is 0 Å². The summed E-state index contributed by atoms with van der Waals surface area (Å²) in [5.74, 6) is 0.450. The average Bonchev–Trinajstić information content (AvgIpc) is 2.51. The van der Waals surface area contributed by atoms with E-state index in [9.17, 15) is 10.2 Å². The molecule has 0 saturated heterocycles. The van der Waals surface area contributed by atoms with Crippen molar-refractivity contribution >= 4 is 22.4 Å². The van der Waals surface area contributed by atoms with Crippen LogP contribution < -0.4 is 0 Å². The number of hydrogen-bond donors (Lipinski definition) is 2. The zero-order valence-corrected chi connectivity index (χ0v) is 12.7. The molecule has 0 unspecified atom stereocenters. The van der Waals surface area contributed by atoms with Crippen LogP contribution in [0.25, 0.3) is 21.9 Å². The summed E-state index contributed by atoms with van der Waals surface area (Å²) in [4.78, 5) is 0. The molecule has 2 N–H and O–H groups in total. The van der Waals surface area contributed by atoms with Gasteiger partial charge in [-0.05, 0) is 41.3 Å². The topological polar surface area (TPSA) is 40.5 Å². The van der Waals surface area contributed by atoms with Gasteiger partial charge in [-0.1, -0.05) is 49.7 Å². The maximum absolute atomic E-state index is 9.47. The van der Waals surface area contributed by atoms with Gasteiger partial charge in [-0.2, -0.15) is 0 Å². The third kappa shape index (κ3) is 3.11. The molecular formula is C18H17ClO2. The Morgan fingerprint density at radius 1 is 0.762 bits per heavy atom. The molecule has 2 nitrogen and oxygen atoms in total. The summed E-state index contributed by atoms with van der Waals surface area (Å²) < 4.78 is 0. The van der Waals surface area contributed by atoms with Crippen LogP contribution in [0.3, 0.4) is 0 Å². The highest BCUT2D eigenvalue weighted by Gasteiger charge is 2.08. The van der Waals surface area contributed by atoms with E-state index in [1.54, 1.807) is 30.3 Å². The molecule has 3 aromatic rings. The summed E-state index contributed by atoms with van der Waals surface area (Å²) in [5.41, 5.74) is 1.85. The first-order valence-corrected chi connectivity index (χ1v) is 7.23. The Kier molecular flexibility index (Phi) is 4.71. The van der Waals surface area contributed by atoms with E-state index in [2.05, 4.69) is 0 Å². The van der Waals surface area contributed by atoms with Crippen LogP contribution in [0.2, 0.25) is 5.02 Å². The highest BCUT2D eigenvalue weighted by molar-refractivity contribution is 6.38. The molecule has 0 amide bonds. The monoisotopic (exact) mass is 300 g/mol. The third-order valence-corrected chi connectivity index (χ3v) is 3.52. The molecule has 0 spiro atoms. The number of fused-ring (bicyclic) bond motifs is 1. The zero-order chi connectivity index (χ0) is 15.4. The molecule has 3 heteroatoms. The first-order chi connectivity index (χ1) is 10.1. The predicted molar refractivity (Wildman–Crippen MR) is 89.1 cm³/mol. The summed E-state index contributed by atoms with van der Waals surface area (Å²) in [5, 5.41) is 21.2. The molecule has 0 saturated carbocycles. The van der Waals surface area contributed by atoms with Crippen molar-refractivity contribution in [3.05, 3.63) is 59.6 Å². The Morgan fingerprint density at radius 3 is 2.05 bits per heavy atom. The van der Waals surface area contributed by atoms with Crippen LogP contribution in [-0.4, -0.2) is 10.2 Å². The molecule has 108 valence electrons. The molecule has 0 bridgehead atoms. The Morgan fingerprint density at radius 2 is 1.38 bits per heavy atom. The quantitative estimate of drug-likeness (QED) is 0.614. The summed E-state index contributed by atoms with van der Waals surface area (Å²) in [6.07, 6.45) is 0. The minimum atomic E-state index is 0.223. The van der Waals surface area contributed by atoms with Crippen LogP contribution in [0.5, 0.6) is 11.5 Å². The first-order valence-electron chi connectivity index (χ1n) is 6.86. The second-order valence-electron chi connectivity index (χ2n) is 4.38. The number of phenolic OH excluding ortho intramolecular Hbond substituents is 2. The molecule has 0 aliphatic carbocycles. The fourth-order valence-electron chi connectivity index (χ4n) is 2.14. The van der Waals surface area contributed by atoms with Gasteiger partial charge in [0.15, 0.2) is 0 Å². The van der Waals surface area contributed by atoms with Crippen molar-refractivity contribution in [1.82, 2.24) is 0 Å². The molecule has 0 heterocycles. The van der Waals surface area contributed by atoms with Crippen molar-refractivity contribution in [2.75, 3.05) is 0 Å². The van der Waals surface area contributed by atoms with Gasteiger partial charge < -0.3 is 10.2 Å². The lowest BCUT2D eigenvalue weighted by Gasteiger charge is -2.08. The molecular weight excluding hydrogens is 284 g/mol. The number of halogens is 1. The van der Waals surface area contributed by atoms with Gasteiger partial charge in [-0.15, -0.1) is 0 Å². The maximum Gasteiger partial charge on any atom is 0.116 e. The number of rotatable bonds is 1. The number of phenols is 2. The van der Waals surface area contributed by atoms with E-state index in [1.807, 2.05) is 38.1 Å². The van der Waals surface area contributed by atoms with Crippen LogP contribution in [-0.2, 0) is 0 Å². The standard InChI is InChI=1S/C16H11ClO2.C2H6/c17-16-14(10-1-4-12(18)5-2-10)7-3-11-9-13(19)6-8-15(11)16;1-2/h1-9,18-19H;1-2H3. The Hall–Kier alpha value is -2.19. The molecule has 0 aliphatic heterocycles. The van der Waals surface area contributed by atoms with Crippen molar-refractivity contribution in [2.45, 2.75) is 13.8 Å². The fraction of sp³-hybridized carbons (Fsp3) is 0.111. The highest BCUT2D eigenvalue weighted by Crippen LogP contribution is 2.35. The Balaban J connectivity index is 0.000000774. The van der Waals surface area contributed by atoms with Gasteiger partial charge in [0.2, 0.25) is 0 Å². The minimum Gasteiger partial charge on any atom is -0.508 e. The second-order valence-corrected chi connectivity index (χ2v) is 4.76. The van der Waals surface area contributed by atoms with Crippen LogP contribution >= 0.6 is 11.6 Å². The van der Waals surface area contributed by atoms with Crippen molar-refractivity contribution in [3.8, 4) is 22.6 Å². The molecule has 0 atom stereocenters. The van der Waals surface area contributed by atoms with Crippen LogP contribution in [0.4, 0.5) is 0 Å². The predicted octanol–water partition coefficient (Wildman–Crippen LogP) is 5.60. The van der Waals surface area contributed by atoms with E-state index < -0.39 is 0 Å². The fourth-order valence-corrected chi connectivity index (χ4v) is 2.49. The highest BCUT2D eigenvalue weighted by atomic mass is 35.5. The van der Waals surface area contributed by atoms with E-state index in [-0.39, 0.29) is 11.5 Å². The molecule has 0 radical (unpaired) electrons. The van der Waals surface area contributed by atoms with Crippen molar-refractivity contribution < 1.29 is 10.2 Å². The van der Waals surface area contributed by atoms with Gasteiger partial charge in [0, 0.05) is 10.9 Å². The number of aromatic hydroxyl groups is 2. The normalized spacial score (nSPS) is 10.0. The van der Waals surface area contributed by atoms with E-state index in [1.165, 1.54) is 0 Å². The summed E-state index contributed by atoms with van der Waals surface area (Å²) in [6.45, 7) is 4.00. The minimum absolute atomic E-state index is 0.223. The summed E-state index contributed by atoms with van der Waals surface area (Å²) in [7, 11) is 0. The van der Waals surface area contributed by atoms with Crippen molar-refractivity contribution in [3.63, 3.8) is 0 Å². The second kappa shape index (κ2) is 6.51. The van der Waals surface area contributed by atoms with E-state index in [4.69, 9.17) is 11.6 Å². The average molecular weight is 301 g/mol. The number of benzene rings is 3. The van der Waals surface area contributed by atoms with Crippen LogP contribution in [0.1, 0.15) is 13.8 Å². The van der Waals surface area contributed by atoms with Crippen LogP contribution in [0, 0.1) is 0 Å². The first kappa shape index (κ1) is 15.2. The largest absolute Gasteiger partial charge is 0.508 e. The Labute approximate surface area is 129 Å². The van der Waals surface area contributed by atoms with Gasteiger partial charge in [0.25, 0.3) is 0 Å². The molecule has 3 rings (SSSR count). The maximum atomic E-state index is 9.47. The molecule has 0 fully saturated rings. The molecule has 3 aromatic carbocycles. The van der Waals surface area contributed by atoms with E-state index >= 15 is 0 Å². The third-order valence-electron chi connectivity index (χ3n) is 3.12. The SMILES string of the molecule is CC.Oc1ccc(-c2ccc3cc(O)ccc3c2Cl)cc1. The molecule has 0 aliphatic rings. The van der Waals surface area contributed by atoms with E-state index in [0.717, 1.165) is 21.9 Å². The summed E-state index contributed by atoms with van der Waals surface area (Å²) in [6, 6.07) is 15.8. The molecule has 21 heavy (non-hydrogen) atoms. The summed E-state index contributed by atoms with van der Waals surface area (Å²) >= 11 is 6.42. The smallest absolute Gasteiger partial charge is 0.116 e. The number of hydrogen-bond acceptors (Lipinski definition) is 2. The molecule has 0 aromatic heterocycles. The lowest BCUT2D eigenvalue weighted by Crippen LogP contribution is -1.82. The van der Waals surface area contributed by atoms with Crippen molar-refractivity contribution in [1.29, 1.82) is 0 Å². The van der Waals surface area contributed by atoms with Gasteiger partial charge in [-0.25, -0.2) is 0 Å². The lowest BCUT2D eigenvalue weighted by molar-refractivity contribution is 0.475. The Bertz CT molecular complexity index is 749. The van der Waals surface area contributed by atoms with Crippen LogP contribution in [0.15, 0.2) is 54.6 Å². The van der Waals surface area contributed by atoms with Crippen molar-refractivity contribution in [2.24, 2.45) is 0 Å². The van der Waals surface area contributed by atoms with Gasteiger partial charge in [0.1, 0.15) is 11.5 Å². The lowest BCUT2D eigenvalue weighted by atomic mass is 10.0. The van der Waals surface area contributed by atoms with E-state index in [0.29, 0.717) is 5.02 Å². The van der Waals surface area contributed by atoms with Gasteiger partial charge in [0.05, 0.1) is 5.02 Å². The zero-order valence-electron chi connectivity index (χ0n) is 12.0.